The van der Waals surface area contributed by atoms with Crippen LogP contribution in [0.25, 0.3) is 11.3 Å². The van der Waals surface area contributed by atoms with Gasteiger partial charge in [-0.2, -0.15) is 0 Å². The lowest BCUT2D eigenvalue weighted by molar-refractivity contribution is 0.655. The lowest BCUT2D eigenvalue weighted by atomic mass is 10.1. The summed E-state index contributed by atoms with van der Waals surface area (Å²) in [6, 6.07) is 8.59. The second-order valence-electron chi connectivity index (χ2n) is 5.72. The second kappa shape index (κ2) is 8.01. The van der Waals surface area contributed by atoms with Gasteiger partial charge < -0.3 is 4.90 Å². The maximum absolute atomic E-state index is 4.28. The molecule has 6 nitrogen and oxygen atoms in total. The number of hydrogen-bond donors (Lipinski definition) is 0. The van der Waals surface area contributed by atoms with E-state index in [2.05, 4.69) is 62.9 Å². The Labute approximate surface area is 146 Å². The van der Waals surface area contributed by atoms with Crippen molar-refractivity contribution >= 4 is 17.2 Å². The largest absolute Gasteiger partial charge is 0.372 e. The molecule has 24 heavy (non-hydrogen) atoms. The summed E-state index contributed by atoms with van der Waals surface area (Å²) in [4.78, 5) is 3.49. The molecule has 0 spiro atoms. The molecule has 0 aliphatic rings. The fraction of sp³-hybridized carbons (Fsp3) is 0.412. The van der Waals surface area contributed by atoms with E-state index in [9.17, 15) is 0 Å². The fourth-order valence-electron chi connectivity index (χ4n) is 2.68. The molecule has 7 heteroatoms. The van der Waals surface area contributed by atoms with Crippen LogP contribution < -0.4 is 4.90 Å². The molecule has 3 rings (SSSR count). The normalized spacial score (nSPS) is 10.9. The van der Waals surface area contributed by atoms with Crippen LogP contribution in [-0.2, 0) is 6.54 Å². The Kier molecular flexibility index (Phi) is 5.53. The standard InChI is InChI=1S/C17H22N6S/c1-3-9-22(10-4-2)15-7-5-14(6-8-15)17-13-23(20-19-17)12-16-11-18-21-24-16/h5-8,11,13H,3-4,9-10,12H2,1-2H3. The highest BCUT2D eigenvalue weighted by molar-refractivity contribution is 7.05. The molecule has 0 radical (unpaired) electrons. The minimum Gasteiger partial charge on any atom is -0.372 e. The maximum Gasteiger partial charge on any atom is 0.113 e. The van der Waals surface area contributed by atoms with Gasteiger partial charge in [0.1, 0.15) is 5.69 Å². The molecule has 0 amide bonds. The third kappa shape index (κ3) is 3.97. The summed E-state index contributed by atoms with van der Waals surface area (Å²) in [6.07, 6.45) is 6.03. The first kappa shape index (κ1) is 16.6. The minimum atomic E-state index is 0.656. The predicted octanol–water partition coefficient (Wildman–Crippen LogP) is 3.47. The molecule has 0 saturated heterocycles. The van der Waals surface area contributed by atoms with E-state index in [4.69, 9.17) is 0 Å². The van der Waals surface area contributed by atoms with Crippen molar-refractivity contribution in [2.45, 2.75) is 33.2 Å². The molecule has 0 bridgehead atoms. The van der Waals surface area contributed by atoms with Gasteiger partial charge in [0.25, 0.3) is 0 Å². The van der Waals surface area contributed by atoms with Crippen molar-refractivity contribution in [1.29, 1.82) is 0 Å². The zero-order valence-electron chi connectivity index (χ0n) is 14.1. The van der Waals surface area contributed by atoms with E-state index in [-0.39, 0.29) is 0 Å². The zero-order chi connectivity index (χ0) is 16.8. The summed E-state index contributed by atoms with van der Waals surface area (Å²) in [5, 5.41) is 12.3. The predicted molar refractivity (Wildman–Crippen MR) is 97.3 cm³/mol. The third-order valence-electron chi connectivity index (χ3n) is 3.78. The molecule has 3 aromatic rings. The average molecular weight is 342 g/mol. The molecule has 0 unspecified atom stereocenters. The van der Waals surface area contributed by atoms with Crippen LogP contribution in [0.4, 0.5) is 5.69 Å². The number of anilines is 1. The van der Waals surface area contributed by atoms with Gasteiger partial charge in [0, 0.05) is 24.3 Å². The Morgan fingerprint density at radius 1 is 1.08 bits per heavy atom. The zero-order valence-corrected chi connectivity index (χ0v) is 14.9. The SMILES string of the molecule is CCCN(CCC)c1ccc(-c2cn(Cc3cnns3)nn2)cc1. The Morgan fingerprint density at radius 2 is 1.83 bits per heavy atom. The van der Waals surface area contributed by atoms with E-state index in [0.717, 1.165) is 42.1 Å². The van der Waals surface area contributed by atoms with E-state index in [0.29, 0.717) is 6.54 Å². The van der Waals surface area contributed by atoms with Crippen LogP contribution in [-0.4, -0.2) is 37.7 Å². The highest BCUT2D eigenvalue weighted by atomic mass is 32.1. The van der Waals surface area contributed by atoms with E-state index in [1.807, 2.05) is 10.9 Å². The van der Waals surface area contributed by atoms with Gasteiger partial charge in [0.05, 0.1) is 23.8 Å². The molecule has 0 fully saturated rings. The highest BCUT2D eigenvalue weighted by Gasteiger charge is 2.08. The highest BCUT2D eigenvalue weighted by Crippen LogP contribution is 2.22. The van der Waals surface area contributed by atoms with Gasteiger partial charge in [0.15, 0.2) is 0 Å². The Balaban J connectivity index is 1.72. The van der Waals surface area contributed by atoms with Crippen molar-refractivity contribution in [2.75, 3.05) is 18.0 Å². The van der Waals surface area contributed by atoms with Gasteiger partial charge in [-0.05, 0) is 36.5 Å². The van der Waals surface area contributed by atoms with Crippen LogP contribution in [0.1, 0.15) is 31.6 Å². The first-order valence-corrected chi connectivity index (χ1v) is 9.09. The number of hydrogen-bond acceptors (Lipinski definition) is 6. The molecule has 2 aromatic heterocycles. The molecule has 0 aliphatic carbocycles. The molecule has 1 aromatic carbocycles. The van der Waals surface area contributed by atoms with Gasteiger partial charge in [-0.3, -0.25) is 0 Å². The number of nitrogens with zero attached hydrogens (tertiary/aromatic N) is 6. The first-order chi connectivity index (χ1) is 11.8. The Bertz CT molecular complexity index is 729. The molecule has 2 heterocycles. The Hall–Kier alpha value is -2.28. The van der Waals surface area contributed by atoms with Crippen molar-refractivity contribution in [1.82, 2.24) is 24.6 Å². The van der Waals surface area contributed by atoms with E-state index in [1.54, 1.807) is 6.20 Å². The van der Waals surface area contributed by atoms with Gasteiger partial charge in [0.2, 0.25) is 0 Å². The summed E-state index contributed by atoms with van der Waals surface area (Å²) < 4.78 is 5.68. The number of benzene rings is 1. The first-order valence-electron chi connectivity index (χ1n) is 8.32. The Morgan fingerprint density at radius 3 is 2.46 bits per heavy atom. The van der Waals surface area contributed by atoms with E-state index < -0.39 is 0 Å². The summed E-state index contributed by atoms with van der Waals surface area (Å²) in [5.74, 6) is 0. The fourth-order valence-corrected chi connectivity index (χ4v) is 3.16. The summed E-state index contributed by atoms with van der Waals surface area (Å²) in [6.45, 7) is 7.27. The minimum absolute atomic E-state index is 0.656. The van der Waals surface area contributed by atoms with Crippen molar-refractivity contribution in [3.8, 4) is 11.3 Å². The lowest BCUT2D eigenvalue weighted by Gasteiger charge is -2.23. The van der Waals surface area contributed by atoms with Crippen molar-refractivity contribution in [2.24, 2.45) is 0 Å². The van der Waals surface area contributed by atoms with Crippen LogP contribution in [0.15, 0.2) is 36.7 Å². The van der Waals surface area contributed by atoms with Crippen LogP contribution in [0, 0.1) is 0 Å². The quantitative estimate of drug-likeness (QED) is 0.627. The summed E-state index contributed by atoms with van der Waals surface area (Å²) in [5.41, 5.74) is 3.24. The van der Waals surface area contributed by atoms with Crippen LogP contribution in [0.3, 0.4) is 0 Å². The van der Waals surface area contributed by atoms with Gasteiger partial charge in [-0.15, -0.1) is 10.2 Å². The topological polar surface area (TPSA) is 59.7 Å². The third-order valence-corrected chi connectivity index (χ3v) is 4.42. The monoisotopic (exact) mass is 342 g/mol. The average Bonchev–Trinajstić information content (AvgIpc) is 3.27. The molecule has 0 aliphatic heterocycles. The number of rotatable bonds is 8. The van der Waals surface area contributed by atoms with Crippen molar-refractivity contribution in [3.05, 3.63) is 41.5 Å². The van der Waals surface area contributed by atoms with Gasteiger partial charge >= 0.3 is 0 Å². The lowest BCUT2D eigenvalue weighted by Crippen LogP contribution is -2.24. The van der Waals surface area contributed by atoms with Crippen LogP contribution in [0.5, 0.6) is 0 Å². The summed E-state index contributed by atoms with van der Waals surface area (Å²) in [7, 11) is 0. The number of aromatic nitrogens is 5. The molecule has 0 atom stereocenters. The van der Waals surface area contributed by atoms with Gasteiger partial charge in [-0.1, -0.05) is 35.7 Å². The van der Waals surface area contributed by atoms with Crippen molar-refractivity contribution in [3.63, 3.8) is 0 Å². The second-order valence-corrected chi connectivity index (χ2v) is 6.59. The van der Waals surface area contributed by atoms with Crippen LogP contribution in [0.2, 0.25) is 0 Å². The van der Waals surface area contributed by atoms with E-state index in [1.165, 1.54) is 17.2 Å². The van der Waals surface area contributed by atoms with Gasteiger partial charge in [-0.25, -0.2) is 4.68 Å². The molecule has 0 saturated carbocycles. The maximum atomic E-state index is 4.28. The van der Waals surface area contributed by atoms with Crippen molar-refractivity contribution < 1.29 is 0 Å². The van der Waals surface area contributed by atoms with Crippen LogP contribution >= 0.6 is 11.5 Å². The molecule has 0 N–H and O–H groups in total. The smallest absolute Gasteiger partial charge is 0.113 e. The summed E-state index contributed by atoms with van der Waals surface area (Å²) >= 11 is 1.38. The molecule has 126 valence electrons. The molecular formula is C17H22N6S. The molecular weight excluding hydrogens is 320 g/mol. The van der Waals surface area contributed by atoms with E-state index >= 15 is 0 Å².